The first-order chi connectivity index (χ1) is 10.9. The molecule has 0 saturated carbocycles. The fourth-order valence-corrected chi connectivity index (χ4v) is 3.22. The zero-order chi connectivity index (χ0) is 15.3. The first-order valence-corrected chi connectivity index (χ1v) is 7.93. The van der Waals surface area contributed by atoms with E-state index in [1.165, 1.54) is 17.1 Å². The van der Waals surface area contributed by atoms with E-state index < -0.39 is 0 Å². The second-order valence-corrected chi connectivity index (χ2v) is 5.54. The van der Waals surface area contributed by atoms with Gasteiger partial charge in [0.05, 0.1) is 6.54 Å². The van der Waals surface area contributed by atoms with Crippen molar-refractivity contribution in [1.82, 2.24) is 4.48 Å². The Morgan fingerprint density at radius 2 is 0.870 bits per heavy atom. The van der Waals surface area contributed by atoms with E-state index in [0.717, 1.165) is 17.4 Å². The summed E-state index contributed by atoms with van der Waals surface area (Å²) in [5, 5.41) is 0. The van der Waals surface area contributed by atoms with Gasteiger partial charge in [0.2, 0.25) is 0 Å². The molecule has 2 heteroatoms. The molecule has 118 valence electrons. The highest BCUT2D eigenvalue weighted by molar-refractivity contribution is 5.70. The summed E-state index contributed by atoms with van der Waals surface area (Å²) >= 11 is 0. The minimum atomic E-state index is 0. The van der Waals surface area contributed by atoms with Gasteiger partial charge < -0.3 is 24.0 Å². The molecule has 0 aromatic heterocycles. The summed E-state index contributed by atoms with van der Waals surface area (Å²) in [6.07, 6.45) is 1.11. The average molecular weight is 415 g/mol. The first kappa shape index (κ1) is 17.7. The highest BCUT2D eigenvalue weighted by atomic mass is 127. The maximum atomic E-state index is 2.25. The second kappa shape index (κ2) is 8.27. The van der Waals surface area contributed by atoms with Crippen molar-refractivity contribution in [3.8, 4) is 0 Å². The molecule has 0 radical (unpaired) electrons. The molecule has 23 heavy (non-hydrogen) atoms. The molecule has 0 heterocycles. The molecule has 0 spiro atoms. The third-order valence-corrected chi connectivity index (χ3v) is 4.15. The molecule has 0 unspecified atom stereocenters. The number of benzene rings is 3. The summed E-state index contributed by atoms with van der Waals surface area (Å²) in [5.74, 6) is 0. The van der Waals surface area contributed by atoms with Crippen LogP contribution in [-0.2, 0) is 0 Å². The highest BCUT2D eigenvalue weighted by Gasteiger charge is 2.34. The Morgan fingerprint density at radius 3 is 1.13 bits per heavy atom. The summed E-state index contributed by atoms with van der Waals surface area (Å²) in [7, 11) is 0. The van der Waals surface area contributed by atoms with Crippen LogP contribution in [0, 0.1) is 0 Å². The predicted molar refractivity (Wildman–Crippen MR) is 95.6 cm³/mol. The molecule has 3 aromatic carbocycles. The van der Waals surface area contributed by atoms with Crippen molar-refractivity contribution < 1.29 is 24.0 Å². The van der Waals surface area contributed by atoms with Crippen LogP contribution in [-0.4, -0.2) is 6.54 Å². The lowest BCUT2D eigenvalue weighted by Gasteiger charge is -2.37. The molecule has 0 bridgehead atoms. The predicted octanol–water partition coefficient (Wildman–Crippen LogP) is 3.07. The SMILES string of the molecule is CCC[N+](c1ccccc1)(c1ccccc1)c1ccccc1.[I-]. The van der Waals surface area contributed by atoms with Crippen molar-refractivity contribution >= 4 is 17.1 Å². The third-order valence-electron chi connectivity index (χ3n) is 4.15. The van der Waals surface area contributed by atoms with Gasteiger partial charge in [-0.3, -0.25) is 0 Å². The van der Waals surface area contributed by atoms with E-state index in [9.17, 15) is 0 Å². The number of quaternary nitrogens is 1. The van der Waals surface area contributed by atoms with E-state index in [1.807, 2.05) is 0 Å². The van der Waals surface area contributed by atoms with E-state index in [1.54, 1.807) is 0 Å². The highest BCUT2D eigenvalue weighted by Crippen LogP contribution is 2.43. The number of rotatable bonds is 5. The number of nitrogens with zero attached hydrogens (tertiary/aromatic N) is 1. The fraction of sp³-hybridized carbons (Fsp3) is 0.143. The van der Waals surface area contributed by atoms with Crippen LogP contribution in [0.5, 0.6) is 0 Å². The van der Waals surface area contributed by atoms with Crippen LogP contribution < -0.4 is 28.5 Å². The Hall–Kier alpha value is -1.65. The smallest absolute Gasteiger partial charge is 0.143 e. The molecule has 0 aliphatic heterocycles. The lowest BCUT2D eigenvalue weighted by atomic mass is 10.1. The van der Waals surface area contributed by atoms with Gasteiger partial charge in [-0.05, 0) is 42.8 Å². The number of halogens is 1. The maximum Gasteiger partial charge on any atom is 0.143 e. The number of hydrogen-bond donors (Lipinski definition) is 0. The van der Waals surface area contributed by atoms with Gasteiger partial charge in [0, 0.05) is 0 Å². The van der Waals surface area contributed by atoms with Crippen molar-refractivity contribution in [2.75, 3.05) is 6.54 Å². The van der Waals surface area contributed by atoms with Gasteiger partial charge in [-0.2, -0.15) is 0 Å². The van der Waals surface area contributed by atoms with E-state index in [-0.39, 0.29) is 24.0 Å². The summed E-state index contributed by atoms with van der Waals surface area (Å²) in [6, 6.07) is 32.4. The Kier molecular flexibility index (Phi) is 6.37. The van der Waals surface area contributed by atoms with Crippen LogP contribution in [0.25, 0.3) is 0 Å². The minimum Gasteiger partial charge on any atom is -1.00 e. The quantitative estimate of drug-likeness (QED) is 0.444. The van der Waals surface area contributed by atoms with Gasteiger partial charge >= 0.3 is 0 Å². The van der Waals surface area contributed by atoms with Crippen LogP contribution in [0.15, 0.2) is 91.0 Å². The van der Waals surface area contributed by atoms with Crippen LogP contribution in [0.1, 0.15) is 13.3 Å². The van der Waals surface area contributed by atoms with Gasteiger partial charge in [0.15, 0.2) is 0 Å². The Balaban J connectivity index is 0.00000192. The molecule has 0 saturated heterocycles. The van der Waals surface area contributed by atoms with Crippen LogP contribution in [0.2, 0.25) is 0 Å². The summed E-state index contributed by atoms with van der Waals surface area (Å²) in [6.45, 7) is 3.29. The zero-order valence-electron chi connectivity index (χ0n) is 13.4. The van der Waals surface area contributed by atoms with Crippen LogP contribution in [0.4, 0.5) is 17.1 Å². The third kappa shape index (κ3) is 3.48. The Bertz CT molecular complexity index is 599. The molecule has 3 rings (SSSR count). The van der Waals surface area contributed by atoms with Crippen molar-refractivity contribution in [3.63, 3.8) is 0 Å². The number of hydrogen-bond acceptors (Lipinski definition) is 0. The summed E-state index contributed by atoms with van der Waals surface area (Å²) in [4.78, 5) is 0. The average Bonchev–Trinajstić information content (AvgIpc) is 2.62. The van der Waals surface area contributed by atoms with E-state index in [4.69, 9.17) is 0 Å². The zero-order valence-corrected chi connectivity index (χ0v) is 15.6. The van der Waals surface area contributed by atoms with Crippen molar-refractivity contribution in [2.24, 2.45) is 0 Å². The largest absolute Gasteiger partial charge is 1.00 e. The Labute approximate surface area is 156 Å². The molecule has 0 N–H and O–H groups in total. The molecular weight excluding hydrogens is 393 g/mol. The molecule has 0 amide bonds. The summed E-state index contributed by atoms with van der Waals surface area (Å²) < 4.78 is 0.763. The van der Waals surface area contributed by atoms with Gasteiger partial charge in [0.25, 0.3) is 0 Å². The van der Waals surface area contributed by atoms with E-state index in [2.05, 4.69) is 97.9 Å². The number of para-hydroxylation sites is 3. The lowest BCUT2D eigenvalue weighted by Crippen LogP contribution is -3.00. The molecule has 3 aromatic rings. The monoisotopic (exact) mass is 415 g/mol. The lowest BCUT2D eigenvalue weighted by molar-refractivity contribution is -0.00000437. The molecule has 0 atom stereocenters. The van der Waals surface area contributed by atoms with Gasteiger partial charge in [0.1, 0.15) is 17.1 Å². The van der Waals surface area contributed by atoms with Gasteiger partial charge in [-0.15, -0.1) is 0 Å². The molecular formula is C21H22IN. The van der Waals surface area contributed by atoms with Crippen molar-refractivity contribution in [2.45, 2.75) is 13.3 Å². The van der Waals surface area contributed by atoms with Crippen LogP contribution in [0.3, 0.4) is 0 Å². The second-order valence-electron chi connectivity index (χ2n) is 5.54. The first-order valence-electron chi connectivity index (χ1n) is 7.93. The van der Waals surface area contributed by atoms with Gasteiger partial charge in [-0.1, -0.05) is 61.5 Å². The molecule has 0 fully saturated rings. The van der Waals surface area contributed by atoms with Crippen molar-refractivity contribution in [3.05, 3.63) is 91.0 Å². The molecule has 0 aliphatic rings. The topological polar surface area (TPSA) is 0 Å². The molecule has 1 nitrogen and oxygen atoms in total. The standard InChI is InChI=1S/C21H22N.HI/c1-2-18-22(19-12-6-3-7-13-19,20-14-8-4-9-15-20)21-16-10-5-11-17-21;/h3-17H,2,18H2,1H3;1H/q+1;/p-1. The molecule has 0 aliphatic carbocycles. The fourth-order valence-electron chi connectivity index (χ4n) is 3.22. The van der Waals surface area contributed by atoms with E-state index >= 15 is 0 Å². The normalized spacial score (nSPS) is 10.8. The Morgan fingerprint density at radius 1 is 0.565 bits per heavy atom. The van der Waals surface area contributed by atoms with E-state index in [0.29, 0.717) is 0 Å². The van der Waals surface area contributed by atoms with Crippen LogP contribution >= 0.6 is 0 Å². The van der Waals surface area contributed by atoms with Gasteiger partial charge in [-0.25, -0.2) is 4.48 Å². The minimum absolute atomic E-state index is 0. The maximum absolute atomic E-state index is 2.25. The van der Waals surface area contributed by atoms with Crippen molar-refractivity contribution in [1.29, 1.82) is 0 Å². The summed E-state index contributed by atoms with van der Waals surface area (Å²) in [5.41, 5.74) is 3.92.